The van der Waals surface area contributed by atoms with Crippen LogP contribution in [0.4, 0.5) is 8.78 Å². The van der Waals surface area contributed by atoms with Crippen molar-refractivity contribution in [3.8, 4) is 0 Å². The molecular formula is C20H21BrCl2F2N4O. The summed E-state index contributed by atoms with van der Waals surface area (Å²) in [5.41, 5.74) is 1.43. The molecule has 0 bridgehead atoms. The Labute approximate surface area is 192 Å². The Morgan fingerprint density at radius 2 is 1.90 bits per heavy atom. The largest absolute Gasteiger partial charge is 0.339 e. The molecular weight excluding hydrogens is 501 g/mol. The van der Waals surface area contributed by atoms with Gasteiger partial charge in [-0.3, -0.25) is 14.4 Å². The predicted octanol–water partition coefficient (Wildman–Crippen LogP) is 5.11. The van der Waals surface area contributed by atoms with Crippen LogP contribution in [0.15, 0.2) is 22.7 Å². The first kappa shape index (κ1) is 22.0. The number of piperazine rings is 1. The van der Waals surface area contributed by atoms with Crippen LogP contribution in [-0.4, -0.2) is 51.7 Å². The molecule has 1 saturated heterocycles. The Morgan fingerprint density at radius 3 is 2.50 bits per heavy atom. The summed E-state index contributed by atoms with van der Waals surface area (Å²) in [7, 11) is 0. The van der Waals surface area contributed by atoms with Gasteiger partial charge < -0.3 is 4.90 Å². The number of amides is 1. The van der Waals surface area contributed by atoms with E-state index in [0.717, 1.165) is 24.1 Å². The first-order chi connectivity index (χ1) is 14.3. The summed E-state index contributed by atoms with van der Waals surface area (Å²) >= 11 is 15.5. The lowest BCUT2D eigenvalue weighted by atomic mass is 10.2. The molecule has 1 aromatic carbocycles. The number of nitrogens with zero attached hydrogens (tertiary/aromatic N) is 4. The van der Waals surface area contributed by atoms with Crippen molar-refractivity contribution in [3.05, 3.63) is 49.7 Å². The molecule has 0 unspecified atom stereocenters. The lowest BCUT2D eigenvalue weighted by Gasteiger charge is -2.35. The fourth-order valence-corrected chi connectivity index (χ4v) is 5.00. The summed E-state index contributed by atoms with van der Waals surface area (Å²) in [5.74, 6) is 0.102. The third-order valence-corrected chi connectivity index (χ3v) is 6.95. The molecule has 1 saturated carbocycles. The minimum atomic E-state index is -2.67. The van der Waals surface area contributed by atoms with Crippen molar-refractivity contribution in [3.63, 3.8) is 0 Å². The van der Waals surface area contributed by atoms with Crippen molar-refractivity contribution in [2.45, 2.75) is 38.3 Å². The fourth-order valence-electron chi connectivity index (χ4n) is 3.75. The van der Waals surface area contributed by atoms with Crippen molar-refractivity contribution in [1.29, 1.82) is 0 Å². The number of hydrogen-bond acceptors (Lipinski definition) is 3. The normalized spacial score (nSPS) is 17.7. The smallest absolute Gasteiger partial charge is 0.283 e. The number of rotatable bonds is 6. The number of halogens is 5. The number of carbonyl (C=O) groups excluding carboxylic acids is 1. The third-order valence-electron chi connectivity index (χ3n) is 5.55. The van der Waals surface area contributed by atoms with Gasteiger partial charge in [-0.05, 0) is 46.5 Å². The molecule has 10 heteroatoms. The molecule has 1 amide bonds. The molecule has 0 radical (unpaired) electrons. The molecule has 0 spiro atoms. The highest BCUT2D eigenvalue weighted by Crippen LogP contribution is 2.45. The molecule has 162 valence electrons. The maximum absolute atomic E-state index is 13.2. The molecule has 4 rings (SSSR count). The van der Waals surface area contributed by atoms with Crippen LogP contribution in [0.1, 0.15) is 42.1 Å². The molecule has 2 aromatic rings. The monoisotopic (exact) mass is 520 g/mol. The zero-order chi connectivity index (χ0) is 21.4. The van der Waals surface area contributed by atoms with Gasteiger partial charge in [-0.2, -0.15) is 5.10 Å². The van der Waals surface area contributed by atoms with Gasteiger partial charge >= 0.3 is 0 Å². The summed E-state index contributed by atoms with van der Waals surface area (Å²) in [6.07, 6.45) is -0.795. The number of alkyl halides is 2. The third kappa shape index (κ3) is 4.82. The van der Waals surface area contributed by atoms with Gasteiger partial charge in [0.05, 0.1) is 10.2 Å². The van der Waals surface area contributed by atoms with Gasteiger partial charge in [-0.25, -0.2) is 8.78 Å². The van der Waals surface area contributed by atoms with Crippen LogP contribution in [0.25, 0.3) is 0 Å². The van der Waals surface area contributed by atoms with Crippen LogP contribution in [0.2, 0.25) is 10.0 Å². The van der Waals surface area contributed by atoms with Gasteiger partial charge in [0, 0.05) is 48.7 Å². The second kappa shape index (κ2) is 9.10. The molecule has 1 aliphatic heterocycles. The first-order valence-corrected chi connectivity index (χ1v) is 11.4. The van der Waals surface area contributed by atoms with Crippen LogP contribution >= 0.6 is 39.1 Å². The van der Waals surface area contributed by atoms with Gasteiger partial charge in [0.25, 0.3) is 6.43 Å². The predicted molar refractivity (Wildman–Crippen MR) is 115 cm³/mol. The van der Waals surface area contributed by atoms with Gasteiger partial charge in [-0.1, -0.05) is 29.3 Å². The standard InChI is InChI=1S/C20H21BrCl2F2N4O/c21-17-18(20(24)25)26-29(19(17)12-1-2-12)11-16(30)28-7-5-27(6-8-28)10-13-3-4-14(22)9-15(13)23/h3-4,9,12,20H,1-2,5-8,10-11H2. The van der Waals surface area contributed by atoms with Crippen molar-refractivity contribution >= 4 is 45.0 Å². The number of benzene rings is 1. The Kier molecular flexibility index (Phi) is 6.67. The Balaban J connectivity index is 1.36. The van der Waals surface area contributed by atoms with E-state index in [2.05, 4.69) is 25.9 Å². The van der Waals surface area contributed by atoms with Gasteiger partial charge in [0.15, 0.2) is 0 Å². The lowest BCUT2D eigenvalue weighted by molar-refractivity contribution is -0.133. The Bertz CT molecular complexity index is 943. The average molecular weight is 522 g/mol. The average Bonchev–Trinajstić information content (AvgIpc) is 3.48. The maximum Gasteiger partial charge on any atom is 0.283 e. The molecule has 0 N–H and O–H groups in total. The highest BCUT2D eigenvalue weighted by Gasteiger charge is 2.34. The fraction of sp³-hybridized carbons (Fsp3) is 0.500. The molecule has 1 aliphatic carbocycles. The van der Waals surface area contributed by atoms with Crippen molar-refractivity contribution in [2.24, 2.45) is 0 Å². The summed E-state index contributed by atoms with van der Waals surface area (Å²) in [4.78, 5) is 16.8. The lowest BCUT2D eigenvalue weighted by Crippen LogP contribution is -2.49. The Hall–Kier alpha value is -1.22. The molecule has 0 atom stereocenters. The quantitative estimate of drug-likeness (QED) is 0.530. The molecule has 2 heterocycles. The second-order valence-corrected chi connectivity index (χ2v) is 9.35. The van der Waals surface area contributed by atoms with Crippen LogP contribution < -0.4 is 0 Å². The zero-order valence-corrected chi connectivity index (χ0v) is 19.2. The van der Waals surface area contributed by atoms with E-state index in [1.165, 1.54) is 4.68 Å². The van der Waals surface area contributed by atoms with Crippen LogP contribution in [0.3, 0.4) is 0 Å². The minimum Gasteiger partial charge on any atom is -0.339 e. The van der Waals surface area contributed by atoms with Crippen molar-refractivity contribution in [2.75, 3.05) is 26.2 Å². The summed E-state index contributed by atoms with van der Waals surface area (Å²) in [5, 5.41) is 5.26. The van der Waals surface area contributed by atoms with Crippen LogP contribution in [0.5, 0.6) is 0 Å². The highest BCUT2D eigenvalue weighted by molar-refractivity contribution is 9.10. The molecule has 5 nitrogen and oxygen atoms in total. The van der Waals surface area contributed by atoms with E-state index in [1.807, 2.05) is 12.1 Å². The van der Waals surface area contributed by atoms with Gasteiger partial charge in [-0.15, -0.1) is 0 Å². The molecule has 30 heavy (non-hydrogen) atoms. The first-order valence-electron chi connectivity index (χ1n) is 9.81. The number of carbonyl (C=O) groups is 1. The Morgan fingerprint density at radius 1 is 1.20 bits per heavy atom. The van der Waals surface area contributed by atoms with Crippen molar-refractivity contribution < 1.29 is 13.6 Å². The second-order valence-electron chi connectivity index (χ2n) is 7.71. The topological polar surface area (TPSA) is 41.4 Å². The van der Waals surface area contributed by atoms with E-state index in [9.17, 15) is 13.6 Å². The maximum atomic E-state index is 13.2. The van der Waals surface area contributed by atoms with E-state index in [0.29, 0.717) is 47.2 Å². The molecule has 2 aliphatic rings. The SMILES string of the molecule is O=C(Cn1nc(C(F)F)c(Br)c1C1CC1)N1CCN(Cc2ccc(Cl)cc2Cl)CC1. The van der Waals surface area contributed by atoms with Crippen molar-refractivity contribution in [1.82, 2.24) is 19.6 Å². The number of aromatic nitrogens is 2. The molecule has 1 aromatic heterocycles. The highest BCUT2D eigenvalue weighted by atomic mass is 79.9. The van der Waals surface area contributed by atoms with E-state index in [1.54, 1.807) is 11.0 Å². The summed E-state index contributed by atoms with van der Waals surface area (Å²) < 4.78 is 28.3. The van der Waals surface area contributed by atoms with E-state index in [4.69, 9.17) is 23.2 Å². The van der Waals surface area contributed by atoms with E-state index in [-0.39, 0.29) is 24.1 Å². The van der Waals surface area contributed by atoms with Gasteiger partial charge in [0.1, 0.15) is 12.2 Å². The van der Waals surface area contributed by atoms with Crippen LogP contribution in [0, 0.1) is 0 Å². The molecule has 2 fully saturated rings. The van der Waals surface area contributed by atoms with E-state index >= 15 is 0 Å². The summed E-state index contributed by atoms with van der Waals surface area (Å²) in [6, 6.07) is 5.46. The van der Waals surface area contributed by atoms with Crippen LogP contribution in [-0.2, 0) is 17.9 Å². The number of hydrogen-bond donors (Lipinski definition) is 0. The summed E-state index contributed by atoms with van der Waals surface area (Å²) in [6.45, 7) is 3.25. The van der Waals surface area contributed by atoms with E-state index < -0.39 is 6.43 Å². The zero-order valence-electron chi connectivity index (χ0n) is 16.1. The minimum absolute atomic E-state index is 0.0137. The van der Waals surface area contributed by atoms with Gasteiger partial charge in [0.2, 0.25) is 5.91 Å².